The van der Waals surface area contributed by atoms with Crippen LogP contribution in [0, 0.1) is 0 Å². The standard InChI is InChI=1S/C9H17N3O/c1-4-5-6(2)9-11-8(7(3)10)12-13-9/h6-7H,4-5,10H2,1-3H3. The maximum atomic E-state index is 5.62. The summed E-state index contributed by atoms with van der Waals surface area (Å²) in [5, 5.41) is 3.81. The minimum Gasteiger partial charge on any atom is -0.339 e. The Hall–Kier alpha value is -0.900. The van der Waals surface area contributed by atoms with Crippen LogP contribution in [0.25, 0.3) is 0 Å². The van der Waals surface area contributed by atoms with Gasteiger partial charge in [0.25, 0.3) is 0 Å². The zero-order chi connectivity index (χ0) is 9.84. The van der Waals surface area contributed by atoms with E-state index in [2.05, 4.69) is 24.0 Å². The molecule has 0 spiro atoms. The van der Waals surface area contributed by atoms with Crippen molar-refractivity contribution in [1.82, 2.24) is 10.1 Å². The maximum Gasteiger partial charge on any atom is 0.229 e. The second-order valence-corrected chi connectivity index (χ2v) is 3.47. The molecule has 0 radical (unpaired) electrons. The van der Waals surface area contributed by atoms with E-state index in [1.165, 1.54) is 0 Å². The van der Waals surface area contributed by atoms with Gasteiger partial charge in [-0.15, -0.1) is 0 Å². The number of nitrogens with two attached hydrogens (primary N) is 1. The van der Waals surface area contributed by atoms with Crippen molar-refractivity contribution in [2.45, 2.75) is 45.6 Å². The van der Waals surface area contributed by atoms with Gasteiger partial charge in [0, 0.05) is 5.92 Å². The second-order valence-electron chi connectivity index (χ2n) is 3.47. The van der Waals surface area contributed by atoms with E-state index in [1.807, 2.05) is 6.92 Å². The van der Waals surface area contributed by atoms with Crippen LogP contribution in [0.15, 0.2) is 4.52 Å². The summed E-state index contributed by atoms with van der Waals surface area (Å²) in [5.74, 6) is 1.64. The zero-order valence-electron chi connectivity index (χ0n) is 8.45. The molecule has 13 heavy (non-hydrogen) atoms. The Kier molecular flexibility index (Phi) is 3.42. The Morgan fingerprint density at radius 1 is 1.46 bits per heavy atom. The third kappa shape index (κ3) is 2.52. The van der Waals surface area contributed by atoms with Gasteiger partial charge in [-0.05, 0) is 13.3 Å². The molecule has 0 saturated carbocycles. The van der Waals surface area contributed by atoms with Gasteiger partial charge in [-0.3, -0.25) is 0 Å². The van der Waals surface area contributed by atoms with Crippen LogP contribution in [0.4, 0.5) is 0 Å². The molecule has 0 fully saturated rings. The molecule has 0 aliphatic heterocycles. The van der Waals surface area contributed by atoms with E-state index in [0.29, 0.717) is 17.6 Å². The van der Waals surface area contributed by atoms with E-state index in [0.717, 1.165) is 12.8 Å². The Bertz CT molecular complexity index is 257. The zero-order valence-corrected chi connectivity index (χ0v) is 8.45. The number of hydrogen-bond donors (Lipinski definition) is 1. The van der Waals surface area contributed by atoms with Gasteiger partial charge >= 0.3 is 0 Å². The Morgan fingerprint density at radius 3 is 2.62 bits per heavy atom. The van der Waals surface area contributed by atoms with Crippen LogP contribution in [0.2, 0.25) is 0 Å². The van der Waals surface area contributed by atoms with Crippen LogP contribution in [0.5, 0.6) is 0 Å². The summed E-state index contributed by atoms with van der Waals surface area (Å²) in [6, 6.07) is -0.147. The molecular formula is C9H17N3O. The fourth-order valence-corrected chi connectivity index (χ4v) is 1.19. The lowest BCUT2D eigenvalue weighted by atomic mass is 10.1. The third-order valence-corrected chi connectivity index (χ3v) is 2.01. The minimum atomic E-state index is -0.147. The highest BCUT2D eigenvalue weighted by molar-refractivity contribution is 4.95. The van der Waals surface area contributed by atoms with E-state index >= 15 is 0 Å². The molecule has 0 aliphatic carbocycles. The lowest BCUT2D eigenvalue weighted by Gasteiger charge is -2.01. The average molecular weight is 183 g/mol. The maximum absolute atomic E-state index is 5.62. The molecule has 0 saturated heterocycles. The first kappa shape index (κ1) is 10.2. The van der Waals surface area contributed by atoms with Crippen LogP contribution in [-0.2, 0) is 0 Å². The summed E-state index contributed by atoms with van der Waals surface area (Å²) in [6.45, 7) is 6.07. The molecule has 1 aromatic rings. The summed E-state index contributed by atoms with van der Waals surface area (Å²) in [4.78, 5) is 4.23. The van der Waals surface area contributed by atoms with Gasteiger partial charge in [0.1, 0.15) is 0 Å². The molecule has 4 nitrogen and oxygen atoms in total. The number of aromatic nitrogens is 2. The predicted octanol–water partition coefficient (Wildman–Crippen LogP) is 1.99. The molecule has 0 amide bonds. The summed E-state index contributed by atoms with van der Waals surface area (Å²) in [5.41, 5.74) is 5.62. The summed E-state index contributed by atoms with van der Waals surface area (Å²) in [7, 11) is 0. The van der Waals surface area contributed by atoms with Crippen LogP contribution in [-0.4, -0.2) is 10.1 Å². The Morgan fingerprint density at radius 2 is 2.15 bits per heavy atom. The normalized spacial score (nSPS) is 15.7. The molecule has 1 heterocycles. The molecular weight excluding hydrogens is 166 g/mol. The van der Waals surface area contributed by atoms with Gasteiger partial charge in [-0.2, -0.15) is 4.98 Å². The third-order valence-electron chi connectivity index (χ3n) is 2.01. The fourth-order valence-electron chi connectivity index (χ4n) is 1.19. The Labute approximate surface area is 78.5 Å². The molecule has 1 aromatic heterocycles. The number of hydrogen-bond acceptors (Lipinski definition) is 4. The first-order chi connectivity index (χ1) is 6.15. The molecule has 1 rings (SSSR count). The highest BCUT2D eigenvalue weighted by Crippen LogP contribution is 2.19. The van der Waals surface area contributed by atoms with E-state index < -0.39 is 0 Å². The van der Waals surface area contributed by atoms with E-state index in [4.69, 9.17) is 10.3 Å². The average Bonchev–Trinajstić information content (AvgIpc) is 2.52. The van der Waals surface area contributed by atoms with Crippen molar-refractivity contribution in [2.75, 3.05) is 0 Å². The predicted molar refractivity (Wildman–Crippen MR) is 50.2 cm³/mol. The van der Waals surface area contributed by atoms with E-state index in [-0.39, 0.29) is 6.04 Å². The minimum absolute atomic E-state index is 0.147. The van der Waals surface area contributed by atoms with E-state index in [1.54, 1.807) is 0 Å². The van der Waals surface area contributed by atoms with Crippen LogP contribution >= 0.6 is 0 Å². The molecule has 2 atom stereocenters. The fraction of sp³-hybridized carbons (Fsp3) is 0.778. The van der Waals surface area contributed by atoms with Gasteiger partial charge in [0.15, 0.2) is 5.82 Å². The molecule has 2 N–H and O–H groups in total. The van der Waals surface area contributed by atoms with Gasteiger partial charge in [0.2, 0.25) is 5.89 Å². The lowest BCUT2D eigenvalue weighted by molar-refractivity contribution is 0.347. The molecule has 74 valence electrons. The highest BCUT2D eigenvalue weighted by atomic mass is 16.5. The molecule has 2 unspecified atom stereocenters. The first-order valence-electron chi connectivity index (χ1n) is 4.74. The molecule has 0 bridgehead atoms. The van der Waals surface area contributed by atoms with Crippen molar-refractivity contribution in [3.63, 3.8) is 0 Å². The van der Waals surface area contributed by atoms with E-state index in [9.17, 15) is 0 Å². The quantitative estimate of drug-likeness (QED) is 0.775. The van der Waals surface area contributed by atoms with Crippen LogP contribution in [0.1, 0.15) is 57.3 Å². The second kappa shape index (κ2) is 4.37. The molecule has 0 aliphatic rings. The largest absolute Gasteiger partial charge is 0.339 e. The summed E-state index contributed by atoms with van der Waals surface area (Å²) >= 11 is 0. The summed E-state index contributed by atoms with van der Waals surface area (Å²) in [6.07, 6.45) is 2.19. The van der Waals surface area contributed by atoms with Crippen molar-refractivity contribution < 1.29 is 4.52 Å². The van der Waals surface area contributed by atoms with Crippen molar-refractivity contribution in [1.29, 1.82) is 0 Å². The lowest BCUT2D eigenvalue weighted by Crippen LogP contribution is -2.07. The SMILES string of the molecule is CCCC(C)c1nc(C(C)N)no1. The van der Waals surface area contributed by atoms with Gasteiger partial charge in [-0.1, -0.05) is 25.4 Å². The van der Waals surface area contributed by atoms with Crippen molar-refractivity contribution in [3.8, 4) is 0 Å². The summed E-state index contributed by atoms with van der Waals surface area (Å²) < 4.78 is 5.10. The van der Waals surface area contributed by atoms with Gasteiger partial charge < -0.3 is 10.3 Å². The van der Waals surface area contributed by atoms with Gasteiger partial charge in [-0.25, -0.2) is 0 Å². The van der Waals surface area contributed by atoms with Crippen molar-refractivity contribution in [3.05, 3.63) is 11.7 Å². The van der Waals surface area contributed by atoms with Crippen molar-refractivity contribution in [2.24, 2.45) is 5.73 Å². The Balaban J connectivity index is 2.67. The molecule has 0 aromatic carbocycles. The highest BCUT2D eigenvalue weighted by Gasteiger charge is 2.14. The topological polar surface area (TPSA) is 64.9 Å². The van der Waals surface area contributed by atoms with Crippen LogP contribution < -0.4 is 5.73 Å². The first-order valence-corrected chi connectivity index (χ1v) is 4.74. The molecule has 4 heteroatoms. The monoisotopic (exact) mass is 183 g/mol. The van der Waals surface area contributed by atoms with Crippen LogP contribution in [0.3, 0.4) is 0 Å². The number of rotatable bonds is 4. The number of nitrogens with zero attached hydrogens (tertiary/aromatic N) is 2. The van der Waals surface area contributed by atoms with Gasteiger partial charge in [0.05, 0.1) is 6.04 Å². The van der Waals surface area contributed by atoms with Crippen molar-refractivity contribution >= 4 is 0 Å². The smallest absolute Gasteiger partial charge is 0.229 e.